The third kappa shape index (κ3) is 4.38. The first-order valence-electron chi connectivity index (χ1n) is 5.38. The maximum absolute atomic E-state index is 11.9. The summed E-state index contributed by atoms with van der Waals surface area (Å²) in [7, 11) is 0. The van der Waals surface area contributed by atoms with Crippen LogP contribution in [0.25, 0.3) is 0 Å². The van der Waals surface area contributed by atoms with E-state index in [2.05, 4.69) is 0 Å². The minimum atomic E-state index is -4.35. The van der Waals surface area contributed by atoms with Gasteiger partial charge in [0.05, 0.1) is 0 Å². The monoisotopic (exact) mass is 238 g/mol. The molecule has 1 rings (SSSR count). The molecule has 3 atom stereocenters. The van der Waals surface area contributed by atoms with Crippen LogP contribution in [0.4, 0.5) is 13.2 Å². The molecule has 1 aliphatic rings. The molecule has 16 heavy (non-hydrogen) atoms. The summed E-state index contributed by atoms with van der Waals surface area (Å²) in [6.07, 6.45) is -2.41. The molecule has 0 spiro atoms. The van der Waals surface area contributed by atoms with Gasteiger partial charge in [-0.05, 0) is 25.2 Å². The molecule has 1 amide bonds. The Morgan fingerprint density at radius 3 is 2.50 bits per heavy atom. The van der Waals surface area contributed by atoms with Gasteiger partial charge in [-0.1, -0.05) is 6.92 Å². The number of nitrogens with two attached hydrogens (primary N) is 1. The van der Waals surface area contributed by atoms with E-state index in [1.807, 2.05) is 12.2 Å². The highest BCUT2D eigenvalue weighted by molar-refractivity contribution is 5.78. The molecule has 1 saturated carbocycles. The second kappa shape index (κ2) is 5.03. The van der Waals surface area contributed by atoms with Crippen molar-refractivity contribution in [3.8, 4) is 0 Å². The Hall–Kier alpha value is -0.780. The normalized spacial score (nSPS) is 31.2. The number of carbonyl (C=O) groups excluding carboxylic acids is 1. The van der Waals surface area contributed by atoms with Crippen LogP contribution in [0.2, 0.25) is 0 Å². The van der Waals surface area contributed by atoms with Gasteiger partial charge in [-0.3, -0.25) is 4.79 Å². The van der Waals surface area contributed by atoms with Crippen molar-refractivity contribution in [3.05, 3.63) is 0 Å². The van der Waals surface area contributed by atoms with Crippen LogP contribution in [0.1, 0.15) is 26.2 Å². The lowest BCUT2D eigenvalue weighted by Gasteiger charge is -2.30. The lowest BCUT2D eigenvalue weighted by molar-refractivity contribution is -0.141. The average molecular weight is 238 g/mol. The summed E-state index contributed by atoms with van der Waals surface area (Å²) < 4.78 is 35.7. The number of amides is 1. The molecule has 3 nitrogen and oxygen atoms in total. The predicted octanol–water partition coefficient (Wildman–Crippen LogP) is 1.43. The van der Waals surface area contributed by atoms with Gasteiger partial charge < -0.3 is 11.1 Å². The molecule has 0 aromatic rings. The zero-order chi connectivity index (χ0) is 12.3. The van der Waals surface area contributed by atoms with Gasteiger partial charge in [0.25, 0.3) is 0 Å². The number of hydrogen-bond acceptors (Lipinski definition) is 2. The van der Waals surface area contributed by atoms with Crippen LogP contribution in [-0.4, -0.2) is 24.7 Å². The van der Waals surface area contributed by atoms with Crippen molar-refractivity contribution >= 4 is 5.91 Å². The molecule has 0 saturated heterocycles. The number of rotatable bonds is 2. The molecule has 94 valence electrons. The van der Waals surface area contributed by atoms with Crippen LogP contribution >= 0.6 is 0 Å². The molecular weight excluding hydrogens is 221 g/mol. The molecule has 0 radical (unpaired) electrons. The number of halogens is 3. The number of nitrogens with one attached hydrogen (secondary N) is 1. The first kappa shape index (κ1) is 13.3. The van der Waals surface area contributed by atoms with E-state index in [1.54, 1.807) is 0 Å². The average Bonchev–Trinajstić information content (AvgIpc) is 2.11. The Kier molecular flexibility index (Phi) is 4.18. The smallest absolute Gasteiger partial charge is 0.347 e. The Balaban J connectivity index is 2.41. The summed E-state index contributed by atoms with van der Waals surface area (Å²) in [5.41, 5.74) is 5.73. The van der Waals surface area contributed by atoms with Crippen molar-refractivity contribution in [2.24, 2.45) is 17.6 Å². The molecule has 0 heterocycles. The van der Waals surface area contributed by atoms with Gasteiger partial charge in [0.2, 0.25) is 5.91 Å². The SMILES string of the molecule is CC1CC(N)CC(C(=O)NCC(F)(F)F)C1. The second-order valence-electron chi connectivity index (χ2n) is 4.60. The van der Waals surface area contributed by atoms with Crippen molar-refractivity contribution in [2.45, 2.75) is 38.4 Å². The standard InChI is InChI=1S/C10H17F3N2O/c1-6-2-7(4-8(14)3-6)9(16)15-5-10(11,12)13/h6-8H,2-5,14H2,1H3,(H,15,16). The van der Waals surface area contributed by atoms with E-state index in [0.717, 1.165) is 6.42 Å². The van der Waals surface area contributed by atoms with Crippen molar-refractivity contribution in [1.82, 2.24) is 5.32 Å². The topological polar surface area (TPSA) is 55.1 Å². The Morgan fingerprint density at radius 2 is 2.00 bits per heavy atom. The van der Waals surface area contributed by atoms with Gasteiger partial charge in [-0.2, -0.15) is 13.2 Å². The first-order chi connectivity index (χ1) is 7.28. The van der Waals surface area contributed by atoms with Crippen LogP contribution in [0.3, 0.4) is 0 Å². The Bertz CT molecular complexity index is 245. The molecule has 3 unspecified atom stereocenters. The fourth-order valence-electron chi connectivity index (χ4n) is 2.20. The third-order valence-electron chi connectivity index (χ3n) is 2.81. The van der Waals surface area contributed by atoms with Crippen molar-refractivity contribution in [3.63, 3.8) is 0 Å². The van der Waals surface area contributed by atoms with Crippen LogP contribution in [-0.2, 0) is 4.79 Å². The maximum atomic E-state index is 11.9. The molecule has 0 bridgehead atoms. The highest BCUT2D eigenvalue weighted by Gasteiger charge is 2.32. The zero-order valence-electron chi connectivity index (χ0n) is 9.18. The second-order valence-corrected chi connectivity index (χ2v) is 4.60. The van der Waals surface area contributed by atoms with Crippen LogP contribution in [0.15, 0.2) is 0 Å². The number of alkyl halides is 3. The predicted molar refractivity (Wildman–Crippen MR) is 53.5 cm³/mol. The van der Waals surface area contributed by atoms with Gasteiger partial charge >= 0.3 is 6.18 Å². The lowest BCUT2D eigenvalue weighted by atomic mass is 9.79. The van der Waals surface area contributed by atoms with E-state index in [-0.39, 0.29) is 12.0 Å². The van der Waals surface area contributed by atoms with Crippen LogP contribution in [0.5, 0.6) is 0 Å². The van der Waals surface area contributed by atoms with Crippen LogP contribution in [0, 0.1) is 11.8 Å². The first-order valence-corrected chi connectivity index (χ1v) is 5.38. The van der Waals surface area contributed by atoms with E-state index < -0.39 is 18.6 Å². The minimum Gasteiger partial charge on any atom is -0.347 e. The van der Waals surface area contributed by atoms with E-state index in [4.69, 9.17) is 5.73 Å². The third-order valence-corrected chi connectivity index (χ3v) is 2.81. The van der Waals surface area contributed by atoms with E-state index in [9.17, 15) is 18.0 Å². The van der Waals surface area contributed by atoms with E-state index >= 15 is 0 Å². The van der Waals surface area contributed by atoms with Crippen molar-refractivity contribution in [2.75, 3.05) is 6.54 Å². The summed E-state index contributed by atoms with van der Waals surface area (Å²) >= 11 is 0. The summed E-state index contributed by atoms with van der Waals surface area (Å²) in [5.74, 6) is -0.606. The summed E-state index contributed by atoms with van der Waals surface area (Å²) in [6.45, 7) is 0.703. The summed E-state index contributed by atoms with van der Waals surface area (Å²) in [5, 5.41) is 1.91. The molecule has 0 aromatic heterocycles. The highest BCUT2D eigenvalue weighted by Crippen LogP contribution is 2.28. The summed E-state index contributed by atoms with van der Waals surface area (Å²) in [4.78, 5) is 11.5. The van der Waals surface area contributed by atoms with Gasteiger partial charge in [0.1, 0.15) is 6.54 Å². The van der Waals surface area contributed by atoms with E-state index in [0.29, 0.717) is 18.8 Å². The van der Waals surface area contributed by atoms with Gasteiger partial charge in [0.15, 0.2) is 0 Å². The molecular formula is C10H17F3N2O. The highest BCUT2D eigenvalue weighted by atomic mass is 19.4. The number of carbonyl (C=O) groups is 1. The van der Waals surface area contributed by atoms with Crippen LogP contribution < -0.4 is 11.1 Å². The summed E-state index contributed by atoms with van der Waals surface area (Å²) in [6, 6.07) is -0.0783. The Morgan fingerprint density at radius 1 is 1.38 bits per heavy atom. The fourth-order valence-corrected chi connectivity index (χ4v) is 2.20. The largest absolute Gasteiger partial charge is 0.405 e. The lowest BCUT2D eigenvalue weighted by Crippen LogP contribution is -2.42. The molecule has 6 heteroatoms. The van der Waals surface area contributed by atoms with Crippen molar-refractivity contribution < 1.29 is 18.0 Å². The molecule has 0 aromatic carbocycles. The zero-order valence-corrected chi connectivity index (χ0v) is 9.18. The number of hydrogen-bond donors (Lipinski definition) is 2. The molecule has 3 N–H and O–H groups in total. The van der Waals surface area contributed by atoms with Gasteiger partial charge in [-0.25, -0.2) is 0 Å². The van der Waals surface area contributed by atoms with Gasteiger partial charge in [0, 0.05) is 12.0 Å². The quantitative estimate of drug-likeness (QED) is 0.764. The minimum absolute atomic E-state index is 0.0783. The fraction of sp³-hybridized carbons (Fsp3) is 0.900. The molecule has 1 fully saturated rings. The van der Waals surface area contributed by atoms with Crippen molar-refractivity contribution in [1.29, 1.82) is 0 Å². The molecule has 0 aliphatic heterocycles. The maximum Gasteiger partial charge on any atom is 0.405 e. The Labute approximate surface area is 92.6 Å². The molecule has 1 aliphatic carbocycles. The van der Waals surface area contributed by atoms with Gasteiger partial charge in [-0.15, -0.1) is 0 Å². The van der Waals surface area contributed by atoms with E-state index in [1.165, 1.54) is 0 Å².